The highest BCUT2D eigenvalue weighted by Crippen LogP contribution is 2.29. The molecule has 0 aliphatic carbocycles. The van der Waals surface area contributed by atoms with Crippen LogP contribution in [0.1, 0.15) is 33.3 Å². The predicted octanol–water partition coefficient (Wildman–Crippen LogP) is 4.38. The lowest BCUT2D eigenvalue weighted by molar-refractivity contribution is 0.0519. The zero-order valence-corrected chi connectivity index (χ0v) is 19.3. The Morgan fingerprint density at radius 1 is 0.969 bits per heavy atom. The molecule has 2 aromatic carbocycles. The minimum Gasteiger partial charge on any atom is -0.461 e. The van der Waals surface area contributed by atoms with E-state index in [1.165, 1.54) is 0 Å². The number of halogens is 2. The van der Waals surface area contributed by atoms with Crippen molar-refractivity contribution in [3.63, 3.8) is 0 Å². The number of nitrogens with zero attached hydrogens (tertiary/aromatic N) is 4. The SMILES string of the molecule is CCOC(=O)c1nc2cc(Cl)c(Cl)cc2nc1N1CCN(C(=O)c2ccc(C)cc2)CC1. The van der Waals surface area contributed by atoms with Gasteiger partial charge < -0.3 is 14.5 Å². The second kappa shape index (κ2) is 9.30. The first-order chi connectivity index (χ1) is 15.4. The van der Waals surface area contributed by atoms with E-state index in [1.54, 1.807) is 24.0 Å². The Morgan fingerprint density at radius 3 is 2.16 bits per heavy atom. The quantitative estimate of drug-likeness (QED) is 0.524. The van der Waals surface area contributed by atoms with Crippen LogP contribution in [-0.2, 0) is 4.74 Å². The summed E-state index contributed by atoms with van der Waals surface area (Å²) in [6.45, 7) is 5.94. The smallest absolute Gasteiger partial charge is 0.360 e. The molecule has 0 spiro atoms. The van der Waals surface area contributed by atoms with Gasteiger partial charge in [-0.2, -0.15) is 0 Å². The molecule has 9 heteroatoms. The van der Waals surface area contributed by atoms with Gasteiger partial charge in [-0.25, -0.2) is 14.8 Å². The second-order valence-corrected chi connectivity index (χ2v) is 8.33. The zero-order valence-electron chi connectivity index (χ0n) is 17.8. The van der Waals surface area contributed by atoms with Gasteiger partial charge in [0, 0.05) is 31.7 Å². The summed E-state index contributed by atoms with van der Waals surface area (Å²) in [6.07, 6.45) is 0. The Morgan fingerprint density at radius 2 is 1.56 bits per heavy atom. The van der Waals surface area contributed by atoms with E-state index in [0.29, 0.717) is 58.6 Å². The van der Waals surface area contributed by atoms with E-state index in [4.69, 9.17) is 27.9 Å². The zero-order chi connectivity index (χ0) is 22.8. The van der Waals surface area contributed by atoms with E-state index in [0.717, 1.165) is 5.56 Å². The fourth-order valence-corrected chi connectivity index (χ4v) is 3.92. The maximum Gasteiger partial charge on any atom is 0.360 e. The first-order valence-electron chi connectivity index (χ1n) is 10.3. The summed E-state index contributed by atoms with van der Waals surface area (Å²) < 4.78 is 5.20. The number of fused-ring (bicyclic) bond motifs is 1. The van der Waals surface area contributed by atoms with Crippen molar-refractivity contribution in [3.05, 3.63) is 63.3 Å². The molecule has 0 bridgehead atoms. The van der Waals surface area contributed by atoms with Crippen LogP contribution in [0.25, 0.3) is 11.0 Å². The molecule has 166 valence electrons. The molecule has 4 rings (SSSR count). The number of carbonyl (C=O) groups excluding carboxylic acids is 2. The molecule has 0 N–H and O–H groups in total. The van der Waals surface area contributed by atoms with Gasteiger partial charge in [-0.15, -0.1) is 0 Å². The molecule has 0 saturated carbocycles. The number of hydrogen-bond acceptors (Lipinski definition) is 6. The van der Waals surface area contributed by atoms with Gasteiger partial charge >= 0.3 is 5.97 Å². The summed E-state index contributed by atoms with van der Waals surface area (Å²) in [7, 11) is 0. The average Bonchev–Trinajstić information content (AvgIpc) is 2.79. The van der Waals surface area contributed by atoms with Crippen molar-refractivity contribution in [1.82, 2.24) is 14.9 Å². The number of aryl methyl sites for hydroxylation is 1. The van der Waals surface area contributed by atoms with Gasteiger partial charge in [0.1, 0.15) is 0 Å². The van der Waals surface area contributed by atoms with Crippen molar-refractivity contribution in [2.24, 2.45) is 0 Å². The topological polar surface area (TPSA) is 75.6 Å². The summed E-state index contributed by atoms with van der Waals surface area (Å²) in [6, 6.07) is 10.7. The van der Waals surface area contributed by atoms with Crippen LogP contribution < -0.4 is 4.90 Å². The molecule has 0 radical (unpaired) electrons. The molecule has 1 aromatic heterocycles. The van der Waals surface area contributed by atoms with Crippen molar-refractivity contribution in [3.8, 4) is 0 Å². The van der Waals surface area contributed by atoms with Gasteiger partial charge in [-0.05, 0) is 38.1 Å². The maximum atomic E-state index is 12.8. The third-order valence-electron chi connectivity index (χ3n) is 5.32. The summed E-state index contributed by atoms with van der Waals surface area (Å²) in [5.41, 5.74) is 2.87. The molecule has 1 aliphatic heterocycles. The lowest BCUT2D eigenvalue weighted by Crippen LogP contribution is -2.49. The minimum atomic E-state index is -0.555. The standard InChI is InChI=1S/C23H22Cl2N4O3/c1-3-32-23(31)20-21(27-19-13-17(25)16(24)12-18(19)26-20)28-8-10-29(11-9-28)22(30)15-6-4-14(2)5-7-15/h4-7,12-13H,3,8-11H2,1-2H3. The number of hydrogen-bond donors (Lipinski definition) is 0. The molecule has 2 heterocycles. The van der Waals surface area contributed by atoms with Crippen LogP contribution >= 0.6 is 23.2 Å². The van der Waals surface area contributed by atoms with Gasteiger partial charge in [0.15, 0.2) is 11.5 Å². The van der Waals surface area contributed by atoms with Crippen LogP contribution in [0, 0.1) is 6.92 Å². The fourth-order valence-electron chi connectivity index (χ4n) is 3.60. The summed E-state index contributed by atoms with van der Waals surface area (Å²) >= 11 is 12.3. The summed E-state index contributed by atoms with van der Waals surface area (Å²) in [4.78, 5) is 38.3. The molecule has 0 atom stereocenters. The molecule has 1 fully saturated rings. The Bertz CT molecular complexity index is 1180. The van der Waals surface area contributed by atoms with Gasteiger partial charge in [0.25, 0.3) is 5.91 Å². The first kappa shape index (κ1) is 22.3. The number of amides is 1. The van der Waals surface area contributed by atoms with Crippen LogP contribution in [0.4, 0.5) is 5.82 Å². The average molecular weight is 473 g/mol. The Balaban J connectivity index is 1.60. The van der Waals surface area contributed by atoms with Crippen LogP contribution in [0.5, 0.6) is 0 Å². The maximum absolute atomic E-state index is 12.8. The molecular weight excluding hydrogens is 451 g/mol. The van der Waals surface area contributed by atoms with Gasteiger partial charge in [0.05, 0.1) is 27.7 Å². The number of anilines is 1. The number of rotatable bonds is 4. The van der Waals surface area contributed by atoms with Gasteiger partial charge in [-0.3, -0.25) is 4.79 Å². The molecule has 1 saturated heterocycles. The second-order valence-electron chi connectivity index (χ2n) is 7.52. The molecule has 3 aromatic rings. The number of ether oxygens (including phenoxy) is 1. The van der Waals surface area contributed by atoms with Crippen LogP contribution in [0.3, 0.4) is 0 Å². The number of benzene rings is 2. The third kappa shape index (κ3) is 4.49. The monoisotopic (exact) mass is 472 g/mol. The number of carbonyl (C=O) groups is 2. The van der Waals surface area contributed by atoms with Crippen molar-refractivity contribution in [2.45, 2.75) is 13.8 Å². The number of aromatic nitrogens is 2. The predicted molar refractivity (Wildman–Crippen MR) is 125 cm³/mol. The minimum absolute atomic E-state index is 0.0127. The van der Waals surface area contributed by atoms with E-state index in [9.17, 15) is 9.59 Å². The Kier molecular flexibility index (Phi) is 6.48. The highest BCUT2D eigenvalue weighted by atomic mass is 35.5. The molecule has 7 nitrogen and oxygen atoms in total. The molecule has 1 amide bonds. The highest BCUT2D eigenvalue weighted by molar-refractivity contribution is 6.42. The van der Waals surface area contributed by atoms with Crippen molar-refractivity contribution >= 4 is 51.9 Å². The van der Waals surface area contributed by atoms with E-state index in [1.807, 2.05) is 36.1 Å². The normalized spacial score (nSPS) is 14.0. The fraction of sp³-hybridized carbons (Fsp3) is 0.304. The number of esters is 1. The van der Waals surface area contributed by atoms with E-state index >= 15 is 0 Å². The van der Waals surface area contributed by atoms with Gasteiger partial charge in [-0.1, -0.05) is 40.9 Å². The molecule has 1 aliphatic rings. The van der Waals surface area contributed by atoms with Crippen molar-refractivity contribution in [2.75, 3.05) is 37.7 Å². The van der Waals surface area contributed by atoms with Crippen molar-refractivity contribution < 1.29 is 14.3 Å². The first-order valence-corrected chi connectivity index (χ1v) is 11.1. The third-order valence-corrected chi connectivity index (χ3v) is 6.04. The lowest BCUT2D eigenvalue weighted by Gasteiger charge is -2.36. The van der Waals surface area contributed by atoms with Crippen LogP contribution in [-0.4, -0.2) is 59.5 Å². The van der Waals surface area contributed by atoms with Gasteiger partial charge in [0.2, 0.25) is 0 Å². The lowest BCUT2D eigenvalue weighted by atomic mass is 10.1. The van der Waals surface area contributed by atoms with Crippen LogP contribution in [0.15, 0.2) is 36.4 Å². The molecule has 32 heavy (non-hydrogen) atoms. The van der Waals surface area contributed by atoms with E-state index in [2.05, 4.69) is 9.97 Å². The largest absolute Gasteiger partial charge is 0.461 e. The van der Waals surface area contributed by atoms with E-state index in [-0.39, 0.29) is 18.2 Å². The molecule has 0 unspecified atom stereocenters. The Labute approximate surface area is 195 Å². The molecular formula is C23H22Cl2N4O3. The van der Waals surface area contributed by atoms with Crippen molar-refractivity contribution in [1.29, 1.82) is 0 Å². The van der Waals surface area contributed by atoms with Crippen LogP contribution in [0.2, 0.25) is 10.0 Å². The number of piperazine rings is 1. The summed E-state index contributed by atoms with van der Waals surface area (Å²) in [5, 5.41) is 0.691. The highest BCUT2D eigenvalue weighted by Gasteiger charge is 2.28. The Hall–Kier alpha value is -2.90. The summed E-state index contributed by atoms with van der Waals surface area (Å²) in [5.74, 6) is -0.154. The van der Waals surface area contributed by atoms with E-state index < -0.39 is 5.97 Å².